The summed E-state index contributed by atoms with van der Waals surface area (Å²) >= 11 is -5.49. The number of halogens is 2. The Morgan fingerprint density at radius 2 is 0.671 bits per heavy atom. The van der Waals surface area contributed by atoms with Crippen molar-refractivity contribution >= 4 is 35.1 Å². The van der Waals surface area contributed by atoms with Crippen molar-refractivity contribution in [1.29, 1.82) is 0 Å². The Morgan fingerprint density at radius 1 is 0.400 bits per heavy atom. The van der Waals surface area contributed by atoms with Crippen molar-refractivity contribution in [1.82, 2.24) is 0 Å². The summed E-state index contributed by atoms with van der Waals surface area (Å²) in [6.45, 7) is 23.2. The van der Waals surface area contributed by atoms with Gasteiger partial charge in [-0.25, -0.2) is 0 Å². The Hall–Kier alpha value is -3.52. The molecule has 0 aromatic heterocycles. The first-order chi connectivity index (χ1) is 33.4. The van der Waals surface area contributed by atoms with E-state index in [0.29, 0.717) is 11.8 Å². The molecule has 4 heteroatoms. The van der Waals surface area contributed by atoms with Crippen LogP contribution in [0.25, 0.3) is 56.7 Å². The monoisotopic (exact) mass is 1060 g/mol. The van der Waals surface area contributed by atoms with Gasteiger partial charge in [0, 0.05) is 0 Å². The van der Waals surface area contributed by atoms with Gasteiger partial charge in [-0.2, -0.15) is 0 Å². The standard InChI is InChI=1S/2C32H35.C2H7Si.2ClH.Zr/c2*1-21-12-22(2)15-27(14-21)29-10-11-30(28-16-23(3)13-24(4)17-28)32-20-26(19-31(29)32)18-25-8-6-5-7-9-25;1-3-2;;;/h2*10-17,19-20,25H,5-9,18H2,1-4H3;3H,1-2H3;2*1H;/q;;;;;+2/p-2. The quantitative estimate of drug-likeness (QED) is 0.113. The molecule has 70 heavy (non-hydrogen) atoms. The van der Waals surface area contributed by atoms with Gasteiger partial charge in [-0.05, 0) is 0 Å². The third-order valence-electron chi connectivity index (χ3n) is 17.4. The van der Waals surface area contributed by atoms with Crippen molar-refractivity contribution in [2.45, 2.75) is 153 Å². The number of benzene rings is 6. The summed E-state index contributed by atoms with van der Waals surface area (Å²) in [7, 11) is 19.4. The molecule has 6 aromatic carbocycles. The average Bonchev–Trinajstić information content (AvgIpc) is 3.88. The third-order valence-corrected chi connectivity index (χ3v) is 69.1. The minimum absolute atomic E-state index is 0.0160. The fourth-order valence-corrected chi connectivity index (χ4v) is 45.6. The van der Waals surface area contributed by atoms with E-state index in [1.807, 2.05) is 0 Å². The summed E-state index contributed by atoms with van der Waals surface area (Å²) in [6, 6.07) is 38.5. The molecule has 2 unspecified atom stereocenters. The summed E-state index contributed by atoms with van der Waals surface area (Å²) in [5.74, 6) is -0.668. The van der Waals surface area contributed by atoms with Gasteiger partial charge in [-0.1, -0.05) is 0 Å². The molecule has 0 N–H and O–H groups in total. The van der Waals surface area contributed by atoms with E-state index in [1.54, 1.807) is 11.1 Å². The number of hydrogen-bond donors (Lipinski definition) is 0. The molecule has 0 aliphatic heterocycles. The fraction of sp³-hybridized carbons (Fsp3) is 0.394. The Bertz CT molecular complexity index is 2800. The van der Waals surface area contributed by atoms with Gasteiger partial charge in [0.2, 0.25) is 0 Å². The topological polar surface area (TPSA) is 0 Å². The van der Waals surface area contributed by atoms with Gasteiger partial charge in [0.1, 0.15) is 0 Å². The SMILES string of the molecule is Cc1cc(C)cc(-c2ccc(-c3cc(C)cc(C)c3)c3c2C=C(CC2CCCCC2)[CH]3[Zr]([Cl])([Cl])([CH]2C(CC3CCCCC3)=Cc3c(-c4cc(C)cc(C)c4)ccc(-c4cc(C)cc(C)c4)c32)[SiH](C)C)c1. The van der Waals surface area contributed by atoms with Gasteiger partial charge in [0.15, 0.2) is 0 Å². The van der Waals surface area contributed by atoms with Crippen LogP contribution in [0.4, 0.5) is 0 Å². The van der Waals surface area contributed by atoms with E-state index in [1.165, 1.54) is 175 Å². The van der Waals surface area contributed by atoms with Gasteiger partial charge in [-0.3, -0.25) is 0 Å². The number of aryl methyl sites for hydroxylation is 8. The molecular formula is C66H77Cl2SiZr. The van der Waals surface area contributed by atoms with Crippen LogP contribution in [-0.2, 0) is 15.6 Å². The van der Waals surface area contributed by atoms with E-state index < -0.39 is 21.5 Å². The molecule has 0 nitrogen and oxygen atoms in total. The van der Waals surface area contributed by atoms with Gasteiger partial charge >= 0.3 is 435 Å². The number of fused-ring (bicyclic) bond motifs is 2. The molecule has 0 amide bonds. The van der Waals surface area contributed by atoms with E-state index in [9.17, 15) is 17.0 Å². The molecule has 4 aliphatic carbocycles. The van der Waals surface area contributed by atoms with Crippen molar-refractivity contribution < 1.29 is 15.6 Å². The predicted molar refractivity (Wildman–Crippen MR) is 307 cm³/mol. The Balaban J connectivity index is 1.32. The fourth-order valence-electron chi connectivity index (χ4n) is 14.5. The second-order valence-electron chi connectivity index (χ2n) is 23.6. The van der Waals surface area contributed by atoms with Crippen LogP contribution in [0, 0.1) is 67.2 Å². The van der Waals surface area contributed by atoms with Crippen LogP contribution in [0.15, 0.2) is 108 Å². The molecule has 0 spiro atoms. The Labute approximate surface area is 431 Å². The zero-order valence-electron chi connectivity index (χ0n) is 44.0. The number of hydrogen-bond acceptors (Lipinski definition) is 0. The second-order valence-corrected chi connectivity index (χ2v) is 66.1. The van der Waals surface area contributed by atoms with Crippen LogP contribution in [0.1, 0.15) is 151 Å². The van der Waals surface area contributed by atoms with E-state index in [2.05, 4.69) is 178 Å². The molecule has 0 heterocycles. The van der Waals surface area contributed by atoms with Crippen LogP contribution >= 0.6 is 17.0 Å². The van der Waals surface area contributed by atoms with Crippen molar-refractivity contribution in [3.05, 3.63) is 175 Å². The molecule has 363 valence electrons. The van der Waals surface area contributed by atoms with Crippen LogP contribution < -0.4 is 0 Å². The average molecular weight is 1060 g/mol. The van der Waals surface area contributed by atoms with Crippen molar-refractivity contribution in [2.75, 3.05) is 0 Å². The molecule has 10 rings (SSSR count). The zero-order valence-corrected chi connectivity index (χ0v) is 49.1. The molecule has 4 aliphatic rings. The van der Waals surface area contributed by atoms with E-state index in [0.717, 1.165) is 12.8 Å². The van der Waals surface area contributed by atoms with Crippen LogP contribution in [0.2, 0.25) is 13.1 Å². The van der Waals surface area contributed by atoms with E-state index >= 15 is 0 Å². The third kappa shape index (κ3) is 9.38. The summed E-state index contributed by atoms with van der Waals surface area (Å²) in [4.78, 5) is 0. The predicted octanol–water partition coefficient (Wildman–Crippen LogP) is 20.3. The number of allylic oxidation sites excluding steroid dienone is 2. The summed E-state index contributed by atoms with van der Waals surface area (Å²) in [6.07, 6.45) is 20.7. The van der Waals surface area contributed by atoms with Gasteiger partial charge < -0.3 is 0 Å². The van der Waals surface area contributed by atoms with Crippen LogP contribution in [0.3, 0.4) is 0 Å². The van der Waals surface area contributed by atoms with Crippen LogP contribution in [-0.4, -0.2) is 5.92 Å². The van der Waals surface area contributed by atoms with Crippen molar-refractivity contribution in [2.24, 2.45) is 11.8 Å². The van der Waals surface area contributed by atoms with Crippen LogP contribution in [0.5, 0.6) is 0 Å². The molecule has 2 saturated carbocycles. The first-order valence-corrected chi connectivity index (χ1v) is 43.4. The molecule has 6 aromatic rings. The first-order valence-electron chi connectivity index (χ1n) is 27.1. The van der Waals surface area contributed by atoms with Gasteiger partial charge in [-0.15, -0.1) is 0 Å². The summed E-state index contributed by atoms with van der Waals surface area (Å²) in [5, 5.41) is 0. The first kappa shape index (κ1) is 50.0. The zero-order chi connectivity index (χ0) is 49.2. The summed E-state index contributed by atoms with van der Waals surface area (Å²) in [5.41, 5.74) is 29.6. The van der Waals surface area contributed by atoms with Gasteiger partial charge in [0.25, 0.3) is 0 Å². The maximum atomic E-state index is 9.72. The van der Waals surface area contributed by atoms with Crippen molar-refractivity contribution in [3.8, 4) is 44.5 Å². The van der Waals surface area contributed by atoms with E-state index in [-0.39, 0.29) is 7.25 Å². The Morgan fingerprint density at radius 3 is 0.957 bits per heavy atom. The molecule has 0 saturated heterocycles. The molecule has 0 bridgehead atoms. The van der Waals surface area contributed by atoms with Crippen molar-refractivity contribution in [3.63, 3.8) is 0 Å². The second kappa shape index (κ2) is 19.7. The maximum absolute atomic E-state index is 9.72. The molecule has 2 fully saturated rings. The number of rotatable bonds is 11. The van der Waals surface area contributed by atoms with E-state index in [4.69, 9.17) is 0 Å². The van der Waals surface area contributed by atoms with Gasteiger partial charge in [0.05, 0.1) is 0 Å². The minimum atomic E-state index is -5.49. The Kier molecular flexibility index (Phi) is 14.1. The normalized spacial score (nSPS) is 19.2. The molecule has 0 radical (unpaired) electrons. The molecule has 2 atom stereocenters. The molecular weight excluding hydrogens is 983 g/mol. The summed E-state index contributed by atoms with van der Waals surface area (Å²) < 4.78 is -0.0320.